The van der Waals surface area contributed by atoms with Gasteiger partial charge in [-0.05, 0) is 24.3 Å². The number of hydrogen-bond acceptors (Lipinski definition) is 5. The van der Waals surface area contributed by atoms with Crippen LogP contribution in [-0.4, -0.2) is 22.0 Å². The lowest BCUT2D eigenvalue weighted by Gasteiger charge is -2.15. The number of benzene rings is 2. The topological polar surface area (TPSA) is 66.5 Å². The molecule has 0 atom stereocenters. The molecule has 0 saturated carbocycles. The van der Waals surface area contributed by atoms with Gasteiger partial charge in [-0.3, -0.25) is 14.4 Å². The molecule has 27 heavy (non-hydrogen) atoms. The van der Waals surface area contributed by atoms with Crippen LogP contribution < -0.4 is 10.2 Å². The number of para-hydroxylation sites is 1. The number of fused-ring (bicyclic) bond motifs is 1. The maximum Gasteiger partial charge on any atom is 0.267 e. The van der Waals surface area contributed by atoms with Gasteiger partial charge in [0.05, 0.1) is 26.2 Å². The summed E-state index contributed by atoms with van der Waals surface area (Å²) in [5, 5.41) is 3.00. The molecule has 0 radical (unpaired) electrons. The molecule has 2 aliphatic rings. The molecule has 0 unspecified atom stereocenters. The number of rotatable bonds is 1. The Labute approximate surface area is 173 Å². The summed E-state index contributed by atoms with van der Waals surface area (Å²) < 4.78 is 0.266. The summed E-state index contributed by atoms with van der Waals surface area (Å²) in [5.74, 6) is -1.60. The van der Waals surface area contributed by atoms with Gasteiger partial charge in [-0.15, -0.1) is 0 Å². The minimum Gasteiger partial charge on any atom is -0.307 e. The minimum atomic E-state index is -0.588. The Morgan fingerprint density at radius 3 is 2.48 bits per heavy atom. The second kappa shape index (κ2) is 6.76. The molecular formula is C18H8Cl2N2O3S2. The van der Waals surface area contributed by atoms with Gasteiger partial charge in [-0.2, -0.15) is 0 Å². The molecule has 2 aromatic rings. The van der Waals surface area contributed by atoms with Gasteiger partial charge in [-0.1, -0.05) is 65.4 Å². The van der Waals surface area contributed by atoms with Crippen LogP contribution in [0.2, 0.25) is 10.0 Å². The van der Waals surface area contributed by atoms with Crippen molar-refractivity contribution in [3.63, 3.8) is 0 Å². The van der Waals surface area contributed by atoms with Gasteiger partial charge >= 0.3 is 0 Å². The number of thioether (sulfide) groups is 1. The molecule has 0 bridgehead atoms. The molecule has 9 heteroatoms. The van der Waals surface area contributed by atoms with Gasteiger partial charge < -0.3 is 5.32 Å². The quantitative estimate of drug-likeness (QED) is 0.416. The zero-order chi connectivity index (χ0) is 19.3. The SMILES string of the molecule is O=C1NC(=S)SC1=C1C(=O)N(C(=O)c2ccc(Cl)c(Cl)c2)c2ccccc21. The van der Waals surface area contributed by atoms with Crippen molar-refractivity contribution >= 4 is 80.5 Å². The second-order valence-electron chi connectivity index (χ2n) is 5.64. The summed E-state index contributed by atoms with van der Waals surface area (Å²) >= 11 is 17.9. The Bertz CT molecular complexity index is 1100. The van der Waals surface area contributed by atoms with E-state index in [9.17, 15) is 14.4 Å². The molecule has 5 nitrogen and oxygen atoms in total. The maximum absolute atomic E-state index is 13.1. The van der Waals surface area contributed by atoms with Crippen LogP contribution in [0.1, 0.15) is 15.9 Å². The number of nitrogens with zero attached hydrogens (tertiary/aromatic N) is 1. The van der Waals surface area contributed by atoms with E-state index in [0.717, 1.165) is 16.7 Å². The van der Waals surface area contributed by atoms with E-state index in [2.05, 4.69) is 5.32 Å². The monoisotopic (exact) mass is 434 g/mol. The molecular weight excluding hydrogens is 427 g/mol. The third kappa shape index (κ3) is 2.96. The molecule has 2 heterocycles. The lowest BCUT2D eigenvalue weighted by atomic mass is 10.1. The van der Waals surface area contributed by atoms with Crippen molar-refractivity contribution in [2.24, 2.45) is 0 Å². The number of nitrogens with one attached hydrogen (secondary N) is 1. The van der Waals surface area contributed by atoms with Crippen LogP contribution in [0, 0.1) is 0 Å². The molecule has 1 fully saturated rings. The highest BCUT2D eigenvalue weighted by molar-refractivity contribution is 8.27. The highest BCUT2D eigenvalue weighted by Crippen LogP contribution is 2.43. The highest BCUT2D eigenvalue weighted by Gasteiger charge is 2.41. The number of imide groups is 1. The molecule has 1 N–H and O–H groups in total. The van der Waals surface area contributed by atoms with E-state index >= 15 is 0 Å². The van der Waals surface area contributed by atoms with Crippen LogP contribution in [0.5, 0.6) is 0 Å². The zero-order valence-electron chi connectivity index (χ0n) is 13.3. The van der Waals surface area contributed by atoms with Crippen molar-refractivity contribution in [3.8, 4) is 0 Å². The molecule has 3 amide bonds. The Morgan fingerprint density at radius 1 is 1.07 bits per heavy atom. The van der Waals surface area contributed by atoms with Crippen LogP contribution in [0.4, 0.5) is 5.69 Å². The minimum absolute atomic E-state index is 0.154. The van der Waals surface area contributed by atoms with Crippen molar-refractivity contribution in [1.29, 1.82) is 0 Å². The predicted molar refractivity (Wildman–Crippen MR) is 110 cm³/mol. The lowest BCUT2D eigenvalue weighted by Crippen LogP contribution is -2.33. The summed E-state index contributed by atoms with van der Waals surface area (Å²) in [5.41, 5.74) is 1.25. The van der Waals surface area contributed by atoms with Crippen LogP contribution in [-0.2, 0) is 9.59 Å². The van der Waals surface area contributed by atoms with Crippen molar-refractivity contribution in [2.75, 3.05) is 4.90 Å². The van der Waals surface area contributed by atoms with E-state index in [0.29, 0.717) is 16.3 Å². The molecule has 2 aliphatic heterocycles. The van der Waals surface area contributed by atoms with Gasteiger partial charge in [0.25, 0.3) is 17.7 Å². The van der Waals surface area contributed by atoms with E-state index in [1.165, 1.54) is 18.2 Å². The fourth-order valence-electron chi connectivity index (χ4n) is 2.87. The summed E-state index contributed by atoms with van der Waals surface area (Å²) in [4.78, 5) is 39.6. The lowest BCUT2D eigenvalue weighted by molar-refractivity contribution is -0.116. The summed E-state index contributed by atoms with van der Waals surface area (Å²) in [6, 6.07) is 11.2. The van der Waals surface area contributed by atoms with Gasteiger partial charge in [0.2, 0.25) is 0 Å². The Morgan fingerprint density at radius 2 is 1.81 bits per heavy atom. The maximum atomic E-state index is 13.1. The number of carbonyl (C=O) groups excluding carboxylic acids is 3. The van der Waals surface area contributed by atoms with Crippen molar-refractivity contribution < 1.29 is 14.4 Å². The Kier molecular flexibility index (Phi) is 4.55. The fraction of sp³-hybridized carbons (Fsp3) is 0. The molecule has 0 spiro atoms. The standard InChI is InChI=1S/C18H8Cl2N2O3S2/c19-10-6-5-8(7-11(10)20)16(24)22-12-4-2-1-3-9(12)13(17(22)25)14-15(23)21-18(26)27-14/h1-7H,(H,21,23,26). The average molecular weight is 435 g/mol. The Hall–Kier alpha value is -2.19. The van der Waals surface area contributed by atoms with Gasteiger partial charge in [0.15, 0.2) is 0 Å². The van der Waals surface area contributed by atoms with Crippen LogP contribution >= 0.6 is 47.2 Å². The number of hydrogen-bond donors (Lipinski definition) is 1. The molecule has 4 rings (SSSR count). The average Bonchev–Trinajstić information content (AvgIpc) is 3.11. The first-order valence-corrected chi connectivity index (χ1v) is 9.57. The predicted octanol–water partition coefficient (Wildman–Crippen LogP) is 4.04. The fourth-order valence-corrected chi connectivity index (χ4v) is 4.29. The third-order valence-electron chi connectivity index (χ3n) is 4.04. The van der Waals surface area contributed by atoms with Gasteiger partial charge in [0, 0.05) is 11.1 Å². The van der Waals surface area contributed by atoms with Crippen molar-refractivity contribution in [2.45, 2.75) is 0 Å². The number of amides is 3. The van der Waals surface area contributed by atoms with Crippen LogP contribution in [0.3, 0.4) is 0 Å². The highest BCUT2D eigenvalue weighted by atomic mass is 35.5. The van der Waals surface area contributed by atoms with E-state index in [-0.39, 0.29) is 25.4 Å². The molecule has 134 valence electrons. The number of thiocarbonyl (C=S) groups is 1. The van der Waals surface area contributed by atoms with E-state index in [4.69, 9.17) is 35.4 Å². The van der Waals surface area contributed by atoms with Crippen LogP contribution in [0.15, 0.2) is 47.4 Å². The van der Waals surface area contributed by atoms with E-state index < -0.39 is 17.7 Å². The van der Waals surface area contributed by atoms with E-state index in [1.807, 2.05) is 0 Å². The first-order valence-electron chi connectivity index (χ1n) is 7.59. The normalized spacial score (nSPS) is 18.7. The largest absolute Gasteiger partial charge is 0.307 e. The summed E-state index contributed by atoms with van der Waals surface area (Å²) in [6.45, 7) is 0. The third-order valence-corrected chi connectivity index (χ3v) is 6.02. The number of anilines is 1. The molecule has 0 aliphatic carbocycles. The summed E-state index contributed by atoms with van der Waals surface area (Å²) in [6.07, 6.45) is 0. The van der Waals surface area contributed by atoms with Crippen LogP contribution in [0.25, 0.3) is 5.57 Å². The smallest absolute Gasteiger partial charge is 0.267 e. The zero-order valence-corrected chi connectivity index (χ0v) is 16.4. The van der Waals surface area contributed by atoms with Gasteiger partial charge in [0.1, 0.15) is 4.32 Å². The van der Waals surface area contributed by atoms with Crippen molar-refractivity contribution in [3.05, 3.63) is 68.5 Å². The molecule has 0 aromatic heterocycles. The molecule has 2 aromatic carbocycles. The number of halogens is 2. The Balaban J connectivity index is 1.86. The number of carbonyl (C=O) groups is 3. The van der Waals surface area contributed by atoms with Crippen molar-refractivity contribution in [1.82, 2.24) is 5.32 Å². The summed E-state index contributed by atoms with van der Waals surface area (Å²) in [7, 11) is 0. The first kappa shape index (κ1) is 18.2. The van der Waals surface area contributed by atoms with Gasteiger partial charge in [-0.25, -0.2) is 4.90 Å². The van der Waals surface area contributed by atoms with E-state index in [1.54, 1.807) is 24.3 Å². The second-order valence-corrected chi connectivity index (χ2v) is 8.14. The first-order chi connectivity index (χ1) is 12.9. The molecule has 1 saturated heterocycles.